The van der Waals surface area contributed by atoms with Crippen LogP contribution in [0.5, 0.6) is 11.5 Å². The second kappa shape index (κ2) is 9.58. The second-order valence-electron chi connectivity index (χ2n) is 7.35. The van der Waals surface area contributed by atoms with Crippen LogP contribution in [0.3, 0.4) is 0 Å². The zero-order valence-corrected chi connectivity index (χ0v) is 19.2. The zero-order chi connectivity index (χ0) is 23.4. The predicted octanol–water partition coefficient (Wildman–Crippen LogP) is 5.29. The average Bonchev–Trinajstić information content (AvgIpc) is 2.82. The number of fused-ring (bicyclic) bond motifs is 1. The maximum Gasteiger partial charge on any atom is 0.250 e. The Hall–Kier alpha value is -4.11. The summed E-state index contributed by atoms with van der Waals surface area (Å²) in [6, 6.07) is 11.7. The van der Waals surface area contributed by atoms with Crippen molar-refractivity contribution in [3.63, 3.8) is 0 Å². The van der Waals surface area contributed by atoms with Crippen molar-refractivity contribution in [2.24, 2.45) is 4.99 Å². The number of aromatic nitrogens is 4. The third kappa shape index (κ3) is 4.88. The Morgan fingerprint density at radius 1 is 1.03 bits per heavy atom. The third-order valence-electron chi connectivity index (χ3n) is 5.03. The highest BCUT2D eigenvalue weighted by molar-refractivity contribution is 5.87. The van der Waals surface area contributed by atoms with Crippen LogP contribution < -0.4 is 15.1 Å². The van der Waals surface area contributed by atoms with Crippen LogP contribution >= 0.6 is 0 Å². The van der Waals surface area contributed by atoms with Crippen molar-refractivity contribution in [3.05, 3.63) is 60.0 Å². The van der Waals surface area contributed by atoms with Crippen molar-refractivity contribution in [2.75, 3.05) is 24.5 Å². The number of aliphatic imine (C=N–C) groups is 1. The van der Waals surface area contributed by atoms with Crippen LogP contribution in [0, 0.1) is 13.8 Å². The summed E-state index contributed by atoms with van der Waals surface area (Å²) >= 11 is 0. The van der Waals surface area contributed by atoms with Crippen molar-refractivity contribution in [2.45, 2.75) is 20.8 Å². The molecule has 2 aromatic carbocycles. The van der Waals surface area contributed by atoms with Gasteiger partial charge in [-0.2, -0.15) is 0 Å². The number of hydrogen-bond donors (Lipinski definition) is 1. The fraction of sp³-hybridized carbons (Fsp3) is 0.208. The van der Waals surface area contributed by atoms with Crippen LogP contribution in [0.1, 0.15) is 18.1 Å². The molecule has 0 fully saturated rings. The van der Waals surface area contributed by atoms with Gasteiger partial charge >= 0.3 is 0 Å². The first-order valence-electron chi connectivity index (χ1n) is 10.4. The molecule has 0 amide bonds. The summed E-state index contributed by atoms with van der Waals surface area (Å²) in [5, 5.41) is 4.79. The molecular formula is C24H25N7O2. The minimum absolute atomic E-state index is 0.410. The number of ether oxygens (including phenoxy) is 1. The lowest BCUT2D eigenvalue weighted by Gasteiger charge is -2.15. The van der Waals surface area contributed by atoms with Gasteiger partial charge in [-0.1, -0.05) is 6.07 Å². The molecule has 2 heterocycles. The standard InChI is InChI=1S/C24H25N7O2/c1-6-25-19-12-18(9-7-15(19)2)33-21-10-8-17(11-16(21)3)29-23-22-20(27-14-28-23)13-26-24(30-22)31(4)32-5/h6-14H,1-5H3,(H,27,28,29). The Kier molecular flexibility index (Phi) is 6.41. The summed E-state index contributed by atoms with van der Waals surface area (Å²) < 4.78 is 6.11. The molecule has 0 aliphatic heterocycles. The minimum atomic E-state index is 0.410. The van der Waals surface area contributed by atoms with Crippen LogP contribution in [-0.2, 0) is 4.84 Å². The summed E-state index contributed by atoms with van der Waals surface area (Å²) in [7, 11) is 3.28. The van der Waals surface area contributed by atoms with Crippen LogP contribution in [0.4, 0.5) is 23.1 Å². The largest absolute Gasteiger partial charge is 0.457 e. The maximum atomic E-state index is 6.11. The van der Waals surface area contributed by atoms with Crippen LogP contribution in [0.15, 0.2) is 53.9 Å². The van der Waals surface area contributed by atoms with Crippen molar-refractivity contribution >= 4 is 40.4 Å². The molecule has 0 bridgehead atoms. The Bertz CT molecular complexity index is 1320. The highest BCUT2D eigenvalue weighted by Crippen LogP contribution is 2.32. The Balaban J connectivity index is 1.59. The normalized spacial score (nSPS) is 11.2. The van der Waals surface area contributed by atoms with Gasteiger partial charge in [-0.3, -0.25) is 9.83 Å². The quantitative estimate of drug-likeness (QED) is 0.304. The number of nitrogens with zero attached hydrogens (tertiary/aromatic N) is 6. The molecule has 1 N–H and O–H groups in total. The molecule has 0 spiro atoms. The number of benzene rings is 2. The number of rotatable bonds is 7. The Morgan fingerprint density at radius 2 is 1.88 bits per heavy atom. The lowest BCUT2D eigenvalue weighted by Crippen LogP contribution is -2.17. The molecule has 168 valence electrons. The smallest absolute Gasteiger partial charge is 0.250 e. The third-order valence-corrected chi connectivity index (χ3v) is 5.03. The van der Waals surface area contributed by atoms with Gasteiger partial charge in [0.2, 0.25) is 5.95 Å². The highest BCUT2D eigenvalue weighted by Gasteiger charge is 2.12. The molecule has 0 atom stereocenters. The van der Waals surface area contributed by atoms with Crippen molar-refractivity contribution in [3.8, 4) is 11.5 Å². The van der Waals surface area contributed by atoms with E-state index in [4.69, 9.17) is 9.57 Å². The molecule has 9 nitrogen and oxygen atoms in total. The van der Waals surface area contributed by atoms with Crippen LogP contribution in [0.2, 0.25) is 0 Å². The lowest BCUT2D eigenvalue weighted by molar-refractivity contribution is 0.180. The molecule has 0 saturated heterocycles. The summed E-state index contributed by atoms with van der Waals surface area (Å²) in [6.07, 6.45) is 4.89. The summed E-state index contributed by atoms with van der Waals surface area (Å²) in [4.78, 5) is 27.0. The van der Waals surface area contributed by atoms with E-state index in [0.29, 0.717) is 22.8 Å². The van der Waals surface area contributed by atoms with E-state index in [-0.39, 0.29) is 0 Å². The number of nitrogens with one attached hydrogen (secondary N) is 1. The molecule has 2 aromatic heterocycles. The number of hydroxylamine groups is 1. The minimum Gasteiger partial charge on any atom is -0.457 e. The molecule has 33 heavy (non-hydrogen) atoms. The molecule has 9 heteroatoms. The summed E-state index contributed by atoms with van der Waals surface area (Å²) in [6.45, 7) is 5.91. The van der Waals surface area contributed by atoms with E-state index in [0.717, 1.165) is 34.0 Å². The van der Waals surface area contributed by atoms with Crippen molar-refractivity contribution < 1.29 is 9.57 Å². The molecule has 0 aliphatic rings. The first-order chi connectivity index (χ1) is 16.0. The van der Waals surface area contributed by atoms with Gasteiger partial charge in [-0.05, 0) is 56.2 Å². The monoisotopic (exact) mass is 443 g/mol. The van der Waals surface area contributed by atoms with E-state index in [1.807, 2.05) is 57.2 Å². The molecule has 0 unspecified atom stereocenters. The number of anilines is 3. The predicted molar refractivity (Wildman–Crippen MR) is 130 cm³/mol. The van der Waals surface area contributed by atoms with Crippen LogP contribution in [-0.4, -0.2) is 40.3 Å². The van der Waals surface area contributed by atoms with Crippen molar-refractivity contribution in [1.29, 1.82) is 0 Å². The lowest BCUT2D eigenvalue weighted by atomic mass is 10.2. The average molecular weight is 444 g/mol. The van der Waals surface area contributed by atoms with Gasteiger partial charge in [0.25, 0.3) is 0 Å². The Labute approximate surface area is 192 Å². The molecule has 4 rings (SSSR count). The zero-order valence-electron chi connectivity index (χ0n) is 19.2. The fourth-order valence-corrected chi connectivity index (χ4v) is 3.21. The van der Waals surface area contributed by atoms with Crippen LogP contribution in [0.25, 0.3) is 11.0 Å². The van der Waals surface area contributed by atoms with E-state index in [1.54, 1.807) is 26.6 Å². The van der Waals surface area contributed by atoms with Gasteiger partial charge in [0, 0.05) is 25.0 Å². The van der Waals surface area contributed by atoms with E-state index >= 15 is 0 Å². The Morgan fingerprint density at radius 3 is 2.64 bits per heavy atom. The van der Waals surface area contributed by atoms with E-state index in [9.17, 15) is 0 Å². The van der Waals surface area contributed by atoms with E-state index < -0.39 is 0 Å². The van der Waals surface area contributed by atoms with E-state index in [1.165, 1.54) is 11.4 Å². The highest BCUT2D eigenvalue weighted by atomic mass is 16.7. The number of aryl methyl sites for hydroxylation is 2. The topological polar surface area (TPSA) is 97.6 Å². The van der Waals surface area contributed by atoms with Crippen molar-refractivity contribution in [1.82, 2.24) is 19.9 Å². The molecular weight excluding hydrogens is 418 g/mol. The maximum absolute atomic E-state index is 6.11. The van der Waals surface area contributed by atoms with Gasteiger partial charge in [0.1, 0.15) is 28.9 Å². The SMILES string of the molecule is CC=Nc1cc(Oc2ccc(Nc3ncnc4cnc(N(C)OC)nc34)cc2C)ccc1C. The van der Waals surface area contributed by atoms with Gasteiger partial charge in [0.05, 0.1) is 19.0 Å². The fourth-order valence-electron chi connectivity index (χ4n) is 3.21. The first kappa shape index (κ1) is 22.1. The van der Waals surface area contributed by atoms with Gasteiger partial charge in [0.15, 0.2) is 5.82 Å². The second-order valence-corrected chi connectivity index (χ2v) is 7.35. The van der Waals surface area contributed by atoms with Gasteiger partial charge in [-0.25, -0.2) is 25.0 Å². The van der Waals surface area contributed by atoms with E-state index in [2.05, 4.69) is 30.2 Å². The number of hydrogen-bond acceptors (Lipinski definition) is 9. The molecule has 4 aromatic rings. The summed E-state index contributed by atoms with van der Waals surface area (Å²) in [5.74, 6) is 2.47. The van der Waals surface area contributed by atoms with Gasteiger partial charge in [-0.15, -0.1) is 0 Å². The molecule has 0 saturated carbocycles. The first-order valence-corrected chi connectivity index (χ1v) is 10.4. The summed E-state index contributed by atoms with van der Waals surface area (Å²) in [5.41, 5.74) is 5.02. The molecule has 0 aliphatic carbocycles. The molecule has 0 radical (unpaired) electrons. The van der Waals surface area contributed by atoms with Gasteiger partial charge < -0.3 is 10.1 Å².